The van der Waals surface area contributed by atoms with Gasteiger partial charge in [-0.05, 0) is 37.4 Å². The lowest BCUT2D eigenvalue weighted by molar-refractivity contribution is 0.0686. The molecule has 1 aromatic carbocycles. The first-order valence-electron chi connectivity index (χ1n) is 9.87. The molecule has 0 aliphatic carbocycles. The summed E-state index contributed by atoms with van der Waals surface area (Å²) in [6.07, 6.45) is 4.50. The summed E-state index contributed by atoms with van der Waals surface area (Å²) >= 11 is 0. The van der Waals surface area contributed by atoms with Crippen LogP contribution >= 0.6 is 0 Å². The van der Waals surface area contributed by atoms with E-state index in [0.717, 1.165) is 32.4 Å². The Balaban J connectivity index is 2.21. The van der Waals surface area contributed by atoms with Gasteiger partial charge in [-0.3, -0.25) is 4.79 Å². The molecule has 1 aromatic rings. The number of carbonyl (C=O) groups is 1. The first-order chi connectivity index (χ1) is 12.6. The van der Waals surface area contributed by atoms with E-state index in [1.165, 1.54) is 6.42 Å². The average molecular weight is 363 g/mol. The van der Waals surface area contributed by atoms with Gasteiger partial charge in [0.15, 0.2) is 0 Å². The van der Waals surface area contributed by atoms with Crippen molar-refractivity contribution >= 4 is 5.91 Å². The van der Waals surface area contributed by atoms with Gasteiger partial charge >= 0.3 is 0 Å². The molecule has 5 heteroatoms. The number of rotatable bonds is 4. The van der Waals surface area contributed by atoms with Crippen molar-refractivity contribution in [3.05, 3.63) is 29.8 Å². The molecule has 0 unspecified atom stereocenters. The zero-order valence-electron chi connectivity index (χ0n) is 16.5. The smallest absolute Gasteiger partial charge is 0.257 e. The van der Waals surface area contributed by atoms with Crippen LogP contribution in [0.5, 0.6) is 5.75 Å². The zero-order valence-corrected chi connectivity index (χ0v) is 16.5. The molecule has 146 valence electrons. The third kappa shape index (κ3) is 6.29. The molecular weight excluding hydrogens is 328 g/mol. The van der Waals surface area contributed by atoms with Crippen molar-refractivity contribution in [2.75, 3.05) is 40.0 Å². The van der Waals surface area contributed by atoms with Crippen molar-refractivity contribution in [1.29, 1.82) is 0 Å². The number of para-hydroxylation sites is 1. The second-order valence-corrected chi connectivity index (χ2v) is 7.31. The third-order valence-corrected chi connectivity index (χ3v) is 4.95. The lowest BCUT2D eigenvalue weighted by Crippen LogP contribution is -2.40. The maximum atomic E-state index is 13.1. The number of amides is 1. The number of hydrogen-bond acceptors (Lipinski definition) is 4. The van der Waals surface area contributed by atoms with Crippen molar-refractivity contribution in [3.8, 4) is 5.75 Å². The van der Waals surface area contributed by atoms with Gasteiger partial charge in [0.25, 0.3) is 5.91 Å². The summed E-state index contributed by atoms with van der Waals surface area (Å²) in [6.45, 7) is 7.91. The second-order valence-electron chi connectivity index (χ2n) is 7.31. The quantitative estimate of drug-likeness (QED) is 0.892. The first-order valence-corrected chi connectivity index (χ1v) is 9.87. The SMILES string of the molecule is COCCN1CCCCCCN[C@@H](C(C)C)COc2ccccc2C1=O. The van der Waals surface area contributed by atoms with Gasteiger partial charge in [-0.25, -0.2) is 0 Å². The molecule has 1 aliphatic rings. The number of carbonyl (C=O) groups excluding carboxylic acids is 1. The molecule has 1 atom stereocenters. The number of hydrogen-bond donors (Lipinski definition) is 1. The maximum Gasteiger partial charge on any atom is 0.257 e. The van der Waals surface area contributed by atoms with E-state index in [1.807, 2.05) is 29.2 Å². The van der Waals surface area contributed by atoms with Crippen LogP contribution in [0.15, 0.2) is 24.3 Å². The number of methoxy groups -OCH3 is 1. The molecule has 0 radical (unpaired) electrons. The van der Waals surface area contributed by atoms with Gasteiger partial charge in [0.2, 0.25) is 0 Å². The molecule has 1 amide bonds. The lowest BCUT2D eigenvalue weighted by Gasteiger charge is -2.26. The molecule has 0 bridgehead atoms. The highest BCUT2D eigenvalue weighted by atomic mass is 16.5. The van der Waals surface area contributed by atoms with Gasteiger partial charge in [0.1, 0.15) is 12.4 Å². The minimum Gasteiger partial charge on any atom is -0.491 e. The van der Waals surface area contributed by atoms with E-state index in [2.05, 4.69) is 19.2 Å². The zero-order chi connectivity index (χ0) is 18.8. The summed E-state index contributed by atoms with van der Waals surface area (Å²) in [7, 11) is 1.67. The van der Waals surface area contributed by atoms with Crippen LogP contribution in [0.4, 0.5) is 0 Å². The molecule has 2 rings (SSSR count). The molecule has 0 saturated carbocycles. The van der Waals surface area contributed by atoms with Crippen molar-refractivity contribution in [2.24, 2.45) is 5.92 Å². The Kier molecular flexibility index (Phi) is 8.92. The second kappa shape index (κ2) is 11.2. The predicted octanol–water partition coefficient (Wildman–Crippen LogP) is 3.34. The fourth-order valence-electron chi connectivity index (χ4n) is 3.19. The van der Waals surface area contributed by atoms with Crippen LogP contribution < -0.4 is 10.1 Å². The van der Waals surface area contributed by atoms with Crippen LogP contribution in [0.2, 0.25) is 0 Å². The molecule has 1 N–H and O–H groups in total. The van der Waals surface area contributed by atoms with Gasteiger partial charge in [-0.1, -0.05) is 38.8 Å². The minimum atomic E-state index is 0.0313. The van der Waals surface area contributed by atoms with Gasteiger partial charge in [0, 0.05) is 26.2 Å². The molecule has 26 heavy (non-hydrogen) atoms. The predicted molar refractivity (Wildman–Crippen MR) is 105 cm³/mol. The Hall–Kier alpha value is -1.59. The summed E-state index contributed by atoms with van der Waals surface area (Å²) in [5.41, 5.74) is 0.642. The van der Waals surface area contributed by atoms with Gasteiger partial charge < -0.3 is 19.7 Å². The summed E-state index contributed by atoms with van der Waals surface area (Å²) in [4.78, 5) is 15.0. The van der Waals surface area contributed by atoms with Crippen LogP contribution in [0.3, 0.4) is 0 Å². The van der Waals surface area contributed by atoms with E-state index in [4.69, 9.17) is 9.47 Å². The van der Waals surface area contributed by atoms with Crippen molar-refractivity contribution in [2.45, 2.75) is 45.6 Å². The van der Waals surface area contributed by atoms with Crippen LogP contribution in [-0.2, 0) is 4.74 Å². The number of nitrogens with zero attached hydrogens (tertiary/aromatic N) is 1. The number of benzene rings is 1. The van der Waals surface area contributed by atoms with Crippen LogP contribution in [0, 0.1) is 5.92 Å². The normalized spacial score (nSPS) is 20.4. The Labute approximate surface area is 158 Å². The Morgan fingerprint density at radius 3 is 2.77 bits per heavy atom. The van der Waals surface area contributed by atoms with E-state index in [1.54, 1.807) is 7.11 Å². The molecule has 1 heterocycles. The average Bonchev–Trinajstić information content (AvgIpc) is 2.64. The van der Waals surface area contributed by atoms with Gasteiger partial charge in [-0.2, -0.15) is 0 Å². The molecule has 0 fully saturated rings. The van der Waals surface area contributed by atoms with Gasteiger partial charge in [0.05, 0.1) is 12.2 Å². The summed E-state index contributed by atoms with van der Waals surface area (Å²) in [5.74, 6) is 1.18. The molecule has 0 spiro atoms. The highest BCUT2D eigenvalue weighted by molar-refractivity contribution is 5.97. The van der Waals surface area contributed by atoms with E-state index < -0.39 is 0 Å². The van der Waals surface area contributed by atoms with Crippen molar-refractivity contribution in [1.82, 2.24) is 10.2 Å². The number of ether oxygens (including phenoxy) is 2. The molecule has 0 aromatic heterocycles. The third-order valence-electron chi connectivity index (χ3n) is 4.95. The Bertz CT molecular complexity index is 548. The fourth-order valence-corrected chi connectivity index (χ4v) is 3.19. The first kappa shape index (κ1) is 20.7. The molecular formula is C21H34N2O3. The summed E-state index contributed by atoms with van der Waals surface area (Å²) < 4.78 is 11.3. The standard InChI is InChI=1S/C21H34N2O3/c1-17(2)19-16-26-20-11-7-6-10-18(20)21(24)23(14-15-25-3)13-9-5-4-8-12-22-19/h6-7,10-11,17,19,22H,4-5,8-9,12-16H2,1-3H3/t19-/m1/s1. The van der Waals surface area contributed by atoms with E-state index >= 15 is 0 Å². The number of nitrogens with one attached hydrogen (secondary N) is 1. The number of fused-ring (bicyclic) bond motifs is 1. The largest absolute Gasteiger partial charge is 0.491 e. The van der Waals surface area contributed by atoms with E-state index in [-0.39, 0.29) is 11.9 Å². The molecule has 0 saturated heterocycles. The van der Waals surface area contributed by atoms with Gasteiger partial charge in [-0.15, -0.1) is 0 Å². The van der Waals surface area contributed by atoms with Crippen molar-refractivity contribution in [3.63, 3.8) is 0 Å². The maximum absolute atomic E-state index is 13.1. The molecule has 1 aliphatic heterocycles. The topological polar surface area (TPSA) is 50.8 Å². The van der Waals surface area contributed by atoms with Crippen molar-refractivity contribution < 1.29 is 14.3 Å². The van der Waals surface area contributed by atoms with Crippen LogP contribution in [-0.4, -0.2) is 56.8 Å². The monoisotopic (exact) mass is 362 g/mol. The summed E-state index contributed by atoms with van der Waals surface area (Å²) in [5, 5.41) is 3.61. The Morgan fingerprint density at radius 2 is 2.00 bits per heavy atom. The lowest BCUT2D eigenvalue weighted by atomic mass is 10.0. The van der Waals surface area contributed by atoms with Crippen LogP contribution in [0.1, 0.15) is 49.9 Å². The van der Waals surface area contributed by atoms with Crippen LogP contribution in [0.25, 0.3) is 0 Å². The minimum absolute atomic E-state index is 0.0313. The highest BCUT2D eigenvalue weighted by Gasteiger charge is 2.21. The Morgan fingerprint density at radius 1 is 1.23 bits per heavy atom. The van der Waals surface area contributed by atoms with E-state index in [9.17, 15) is 4.79 Å². The molecule has 5 nitrogen and oxygen atoms in total. The summed E-state index contributed by atoms with van der Waals surface area (Å²) in [6, 6.07) is 7.86. The van der Waals surface area contributed by atoms with E-state index in [0.29, 0.717) is 37.0 Å². The highest BCUT2D eigenvalue weighted by Crippen LogP contribution is 2.21. The fraction of sp³-hybridized carbons (Fsp3) is 0.667.